The number of nitrogens with one attached hydrogen (secondary N) is 2. The number of hydrogen-bond acceptors (Lipinski definition) is 4. The quantitative estimate of drug-likeness (QED) is 0.571. The molecule has 0 aliphatic carbocycles. The third-order valence-electron chi connectivity index (χ3n) is 3.05. The number of benzene rings is 1. The fourth-order valence-electron chi connectivity index (χ4n) is 2.02. The first-order chi connectivity index (χ1) is 9.92. The molecule has 1 aromatic carbocycles. The minimum atomic E-state index is -1.08. The third kappa shape index (κ3) is 6.27. The number of aliphatic carboxylic acids is 1. The lowest BCUT2D eigenvalue weighted by molar-refractivity contribution is -0.141. The van der Waals surface area contributed by atoms with Gasteiger partial charge in [0.2, 0.25) is 5.91 Å². The Morgan fingerprint density at radius 2 is 1.86 bits per heavy atom. The molecule has 0 aromatic heterocycles. The Bertz CT molecular complexity index is 473. The summed E-state index contributed by atoms with van der Waals surface area (Å²) in [6.45, 7) is 4.57. The Kier molecular flexibility index (Phi) is 6.68. The summed E-state index contributed by atoms with van der Waals surface area (Å²) in [5.41, 5.74) is 0.736. The number of carbonyl (C=O) groups is 2. The van der Waals surface area contributed by atoms with Gasteiger partial charge in [-0.25, -0.2) is 4.79 Å². The predicted octanol–water partition coefficient (Wildman–Crippen LogP) is 0.892. The summed E-state index contributed by atoms with van der Waals surface area (Å²) < 4.78 is 0. The molecule has 6 nitrogen and oxygen atoms in total. The summed E-state index contributed by atoms with van der Waals surface area (Å²) in [5.74, 6) is -1.25. The number of phenols is 1. The number of hydrogen-bond donors (Lipinski definition) is 4. The lowest BCUT2D eigenvalue weighted by Crippen LogP contribution is -2.44. The summed E-state index contributed by atoms with van der Waals surface area (Å²) in [5, 5.41) is 24.0. The monoisotopic (exact) mass is 294 g/mol. The zero-order chi connectivity index (χ0) is 15.8. The van der Waals surface area contributed by atoms with E-state index >= 15 is 0 Å². The summed E-state index contributed by atoms with van der Waals surface area (Å²) in [6, 6.07) is 5.28. The first-order valence-corrected chi connectivity index (χ1v) is 6.95. The van der Waals surface area contributed by atoms with Gasteiger partial charge in [0.05, 0.1) is 0 Å². The summed E-state index contributed by atoms with van der Waals surface area (Å²) >= 11 is 0. The first-order valence-electron chi connectivity index (χ1n) is 6.95. The highest BCUT2D eigenvalue weighted by molar-refractivity contribution is 5.84. The zero-order valence-electron chi connectivity index (χ0n) is 12.3. The van der Waals surface area contributed by atoms with Crippen molar-refractivity contribution in [2.24, 2.45) is 0 Å². The molecule has 116 valence electrons. The van der Waals surface area contributed by atoms with Gasteiger partial charge in [0.15, 0.2) is 0 Å². The minimum Gasteiger partial charge on any atom is -0.508 e. The van der Waals surface area contributed by atoms with Crippen LogP contribution in [0, 0.1) is 0 Å². The van der Waals surface area contributed by atoms with Crippen LogP contribution < -0.4 is 10.6 Å². The molecule has 0 aliphatic heterocycles. The molecule has 0 saturated heterocycles. The molecule has 0 saturated carbocycles. The van der Waals surface area contributed by atoms with Crippen LogP contribution in [-0.4, -0.2) is 40.7 Å². The number of carboxylic acids is 1. The van der Waals surface area contributed by atoms with Crippen LogP contribution in [0.2, 0.25) is 0 Å². The molecule has 6 heteroatoms. The van der Waals surface area contributed by atoms with Gasteiger partial charge in [0.1, 0.15) is 11.8 Å². The van der Waals surface area contributed by atoms with E-state index in [1.807, 2.05) is 13.8 Å². The molecular formula is C15H22N2O4. The van der Waals surface area contributed by atoms with Gasteiger partial charge in [-0.05, 0) is 31.2 Å². The van der Waals surface area contributed by atoms with Gasteiger partial charge in [0.25, 0.3) is 0 Å². The molecule has 21 heavy (non-hydrogen) atoms. The molecular weight excluding hydrogens is 272 g/mol. The van der Waals surface area contributed by atoms with E-state index < -0.39 is 12.0 Å². The highest BCUT2D eigenvalue weighted by Crippen LogP contribution is 2.11. The Labute approximate surface area is 124 Å². The van der Waals surface area contributed by atoms with Gasteiger partial charge in [-0.15, -0.1) is 0 Å². The van der Waals surface area contributed by atoms with Gasteiger partial charge in [-0.3, -0.25) is 4.79 Å². The molecule has 2 unspecified atom stereocenters. The molecule has 0 bridgehead atoms. The van der Waals surface area contributed by atoms with Gasteiger partial charge >= 0.3 is 5.97 Å². The number of carboxylic acid groups (broad SMARTS) is 1. The Balaban J connectivity index is 2.59. The molecule has 0 spiro atoms. The second-order valence-electron chi connectivity index (χ2n) is 4.99. The van der Waals surface area contributed by atoms with E-state index in [0.29, 0.717) is 0 Å². The smallest absolute Gasteiger partial charge is 0.326 e. The Morgan fingerprint density at radius 1 is 1.24 bits per heavy atom. The van der Waals surface area contributed by atoms with Gasteiger partial charge in [0, 0.05) is 18.9 Å². The van der Waals surface area contributed by atoms with Crippen molar-refractivity contribution in [3.8, 4) is 5.75 Å². The molecule has 1 amide bonds. The highest BCUT2D eigenvalue weighted by Gasteiger charge is 2.21. The average molecular weight is 294 g/mol. The van der Waals surface area contributed by atoms with Crippen LogP contribution in [0.25, 0.3) is 0 Å². The lowest BCUT2D eigenvalue weighted by Gasteiger charge is -2.17. The fourth-order valence-corrected chi connectivity index (χ4v) is 2.02. The van der Waals surface area contributed by atoms with Crippen LogP contribution in [0.4, 0.5) is 0 Å². The van der Waals surface area contributed by atoms with Crippen LogP contribution in [0.5, 0.6) is 5.75 Å². The number of aromatic hydroxyl groups is 1. The number of carbonyl (C=O) groups excluding carboxylic acids is 1. The lowest BCUT2D eigenvalue weighted by atomic mass is 10.1. The Morgan fingerprint density at radius 3 is 2.38 bits per heavy atom. The second kappa shape index (κ2) is 8.26. The largest absolute Gasteiger partial charge is 0.508 e. The van der Waals surface area contributed by atoms with E-state index in [2.05, 4.69) is 10.6 Å². The predicted molar refractivity (Wildman–Crippen MR) is 79.1 cm³/mol. The van der Waals surface area contributed by atoms with Crippen LogP contribution in [0.15, 0.2) is 24.3 Å². The summed E-state index contributed by atoms with van der Waals surface area (Å²) in [6.07, 6.45) is 0.407. The SMILES string of the molecule is CCNC(C)CC(=O)NC(Cc1ccc(O)cc1)C(=O)O. The van der Waals surface area contributed by atoms with Crippen LogP contribution in [-0.2, 0) is 16.0 Å². The molecule has 0 radical (unpaired) electrons. The van der Waals surface area contributed by atoms with Crippen molar-refractivity contribution in [2.75, 3.05) is 6.54 Å². The first kappa shape index (κ1) is 17.0. The van der Waals surface area contributed by atoms with Crippen molar-refractivity contribution in [2.45, 2.75) is 38.8 Å². The van der Waals surface area contributed by atoms with E-state index in [0.717, 1.165) is 12.1 Å². The molecule has 4 N–H and O–H groups in total. The topological polar surface area (TPSA) is 98.7 Å². The summed E-state index contributed by atoms with van der Waals surface area (Å²) in [4.78, 5) is 23.1. The van der Waals surface area contributed by atoms with E-state index in [4.69, 9.17) is 0 Å². The summed E-state index contributed by atoms with van der Waals surface area (Å²) in [7, 11) is 0. The maximum atomic E-state index is 11.8. The second-order valence-corrected chi connectivity index (χ2v) is 4.99. The Hall–Kier alpha value is -2.08. The van der Waals surface area contributed by atoms with Gasteiger partial charge in [-0.1, -0.05) is 19.1 Å². The molecule has 0 heterocycles. The van der Waals surface area contributed by atoms with Crippen molar-refractivity contribution in [3.63, 3.8) is 0 Å². The molecule has 0 fully saturated rings. The van der Waals surface area contributed by atoms with Crippen LogP contribution in [0.3, 0.4) is 0 Å². The van der Waals surface area contributed by atoms with E-state index in [9.17, 15) is 19.8 Å². The van der Waals surface area contributed by atoms with Crippen molar-refractivity contribution >= 4 is 11.9 Å². The molecule has 0 aliphatic rings. The van der Waals surface area contributed by atoms with Crippen molar-refractivity contribution in [3.05, 3.63) is 29.8 Å². The number of amides is 1. The van der Waals surface area contributed by atoms with Gasteiger partial charge in [-0.2, -0.15) is 0 Å². The minimum absolute atomic E-state index is 0.00174. The molecule has 2 atom stereocenters. The highest BCUT2D eigenvalue weighted by atomic mass is 16.4. The number of phenolic OH excluding ortho intramolecular Hbond substituents is 1. The number of rotatable bonds is 8. The fraction of sp³-hybridized carbons (Fsp3) is 0.467. The molecule has 1 aromatic rings. The molecule has 1 rings (SSSR count). The zero-order valence-corrected chi connectivity index (χ0v) is 12.3. The van der Waals surface area contributed by atoms with Gasteiger partial charge < -0.3 is 20.8 Å². The van der Waals surface area contributed by atoms with Crippen LogP contribution >= 0.6 is 0 Å². The van der Waals surface area contributed by atoms with E-state index in [1.165, 1.54) is 12.1 Å². The normalized spacial score (nSPS) is 13.4. The standard InChI is InChI=1S/C15H22N2O4/c1-3-16-10(2)8-14(19)17-13(15(20)21)9-11-4-6-12(18)7-5-11/h4-7,10,13,16,18H,3,8-9H2,1-2H3,(H,17,19)(H,20,21). The van der Waals surface area contributed by atoms with Crippen molar-refractivity contribution in [1.29, 1.82) is 0 Å². The van der Waals surface area contributed by atoms with Crippen molar-refractivity contribution < 1.29 is 19.8 Å². The maximum Gasteiger partial charge on any atom is 0.326 e. The van der Waals surface area contributed by atoms with Crippen molar-refractivity contribution in [1.82, 2.24) is 10.6 Å². The maximum absolute atomic E-state index is 11.8. The van der Waals surface area contributed by atoms with E-state index in [-0.39, 0.29) is 30.5 Å². The van der Waals surface area contributed by atoms with Crippen LogP contribution in [0.1, 0.15) is 25.8 Å². The third-order valence-corrected chi connectivity index (χ3v) is 3.05. The van der Waals surface area contributed by atoms with E-state index in [1.54, 1.807) is 12.1 Å². The average Bonchev–Trinajstić information content (AvgIpc) is 2.40.